The number of carbonyl (C=O) groups excluding carboxylic acids is 3. The van der Waals surface area contributed by atoms with Gasteiger partial charge in [0.15, 0.2) is 11.6 Å². The van der Waals surface area contributed by atoms with Gasteiger partial charge >= 0.3 is 11.9 Å². The second kappa shape index (κ2) is 31.9. The molecule has 4 aliphatic rings. The first-order valence-electron chi connectivity index (χ1n) is 24.6. The van der Waals surface area contributed by atoms with E-state index in [1.54, 1.807) is 0 Å². The lowest BCUT2D eigenvalue weighted by Gasteiger charge is -2.35. The number of rotatable bonds is 23. The molecule has 9 nitrogen and oxygen atoms in total. The molecule has 65 heavy (non-hydrogen) atoms. The van der Waals surface area contributed by atoms with Crippen LogP contribution in [0.25, 0.3) is 0 Å². The van der Waals surface area contributed by atoms with Gasteiger partial charge in [-0.15, -0.1) is 0 Å². The van der Waals surface area contributed by atoms with Crippen molar-refractivity contribution in [3.63, 3.8) is 0 Å². The summed E-state index contributed by atoms with van der Waals surface area (Å²) < 4.78 is 5.47. The standard InChI is InChI=1S/C26H39NO3S2.C18H27NO2.C8H14O2S2/c1-20-9-7-10-21(2)23(20)19-25(28)24-12-5-6-15-27(24)16-8-17-30-26(29)13-4-3-11-22-14-18-31-32-22;1-14-7-5-8-15(2)16(14)13-18(21)17-9-3-4-10-19(17)11-6-12-20;9-8(10)4-2-1-3-7-5-6-11-12-7/h7,9-10,22,24H,3-6,8,11-19H2,1-2H3;5,7-8,17,20H,3-4,6,9-13H2,1-2H3;7H,1-6H2,(H,9,10)/t22-,24?;;7-/m1.1/s1. The molecule has 13 heteroatoms. The average molecular weight is 973 g/mol. The number of ether oxygens (including phenoxy) is 1. The quantitative estimate of drug-likeness (QED) is 0.0624. The number of nitrogens with zero attached hydrogens (tertiary/aromatic N) is 2. The smallest absolute Gasteiger partial charge is 0.305 e. The molecule has 4 aliphatic heterocycles. The molecule has 4 heterocycles. The predicted octanol–water partition coefficient (Wildman–Crippen LogP) is 11.4. The van der Waals surface area contributed by atoms with Crippen LogP contribution in [-0.4, -0.2) is 117 Å². The van der Waals surface area contributed by atoms with Gasteiger partial charge in [0.25, 0.3) is 0 Å². The zero-order chi connectivity index (χ0) is 46.8. The van der Waals surface area contributed by atoms with Gasteiger partial charge in [-0.2, -0.15) is 0 Å². The minimum absolute atomic E-state index is 0.00470. The molecule has 2 N–H and O–H groups in total. The van der Waals surface area contributed by atoms with Gasteiger partial charge < -0.3 is 14.9 Å². The van der Waals surface area contributed by atoms with Crippen molar-refractivity contribution in [1.29, 1.82) is 0 Å². The van der Waals surface area contributed by atoms with E-state index in [1.807, 2.05) is 49.2 Å². The zero-order valence-electron chi connectivity index (χ0n) is 40.0. The number of carboxylic acids is 1. The first-order valence-corrected chi connectivity index (χ1v) is 29.4. The molecule has 0 amide bonds. The molecule has 2 aromatic carbocycles. The number of aliphatic carboxylic acids is 1. The van der Waals surface area contributed by atoms with Crippen LogP contribution in [0.5, 0.6) is 0 Å². The highest BCUT2D eigenvalue weighted by Gasteiger charge is 2.30. The third-order valence-electron chi connectivity index (χ3n) is 13.2. The number of benzene rings is 2. The summed E-state index contributed by atoms with van der Waals surface area (Å²) in [5.41, 5.74) is 7.20. The predicted molar refractivity (Wildman–Crippen MR) is 276 cm³/mol. The number of unbranched alkanes of at least 4 members (excludes halogenated alkanes) is 2. The Bertz CT molecular complexity index is 1690. The van der Waals surface area contributed by atoms with Crippen molar-refractivity contribution in [3.05, 3.63) is 69.8 Å². The van der Waals surface area contributed by atoms with Gasteiger partial charge in [-0.3, -0.25) is 29.0 Å². The molecule has 0 radical (unpaired) electrons. The first kappa shape index (κ1) is 55.6. The second-order valence-electron chi connectivity index (χ2n) is 18.3. The van der Waals surface area contributed by atoms with E-state index in [4.69, 9.17) is 14.9 Å². The van der Waals surface area contributed by atoms with E-state index >= 15 is 0 Å². The fourth-order valence-corrected chi connectivity index (χ4v) is 15.4. The average Bonchev–Trinajstić information content (AvgIpc) is 4.03. The minimum Gasteiger partial charge on any atom is -0.481 e. The van der Waals surface area contributed by atoms with E-state index in [0.717, 1.165) is 107 Å². The van der Waals surface area contributed by atoms with Crippen molar-refractivity contribution < 1.29 is 34.1 Å². The van der Waals surface area contributed by atoms with Crippen molar-refractivity contribution in [1.82, 2.24) is 9.80 Å². The van der Waals surface area contributed by atoms with Crippen molar-refractivity contribution in [2.75, 3.05) is 50.9 Å². The lowest BCUT2D eigenvalue weighted by molar-refractivity contribution is -0.144. The number of carboxylic acid groups (broad SMARTS) is 1. The summed E-state index contributed by atoms with van der Waals surface area (Å²) in [7, 11) is 7.90. The molecule has 4 saturated heterocycles. The summed E-state index contributed by atoms with van der Waals surface area (Å²) in [5.74, 6) is 2.48. The normalized spacial score (nSPS) is 21.2. The van der Waals surface area contributed by atoms with Gasteiger partial charge in [0.2, 0.25) is 0 Å². The molecular formula is C52H80N2O7S4. The fraction of sp³-hybridized carbons (Fsp3) is 0.692. The lowest BCUT2D eigenvalue weighted by Crippen LogP contribution is -2.46. The van der Waals surface area contributed by atoms with Gasteiger partial charge in [-0.1, -0.05) is 105 Å². The number of hydrogen-bond donors (Lipinski definition) is 2. The van der Waals surface area contributed by atoms with Gasteiger partial charge in [-0.25, -0.2) is 0 Å². The van der Waals surface area contributed by atoms with Crippen molar-refractivity contribution in [2.24, 2.45) is 0 Å². The van der Waals surface area contributed by atoms with Gasteiger partial charge in [-0.05, 0) is 151 Å². The van der Waals surface area contributed by atoms with E-state index in [2.05, 4.69) is 67.8 Å². The molecule has 0 aromatic heterocycles. The van der Waals surface area contributed by atoms with Crippen LogP contribution in [0.3, 0.4) is 0 Å². The molecule has 0 bridgehead atoms. The molecule has 0 spiro atoms. The van der Waals surface area contributed by atoms with Gasteiger partial charge in [0.05, 0.1) is 18.7 Å². The van der Waals surface area contributed by atoms with Gasteiger partial charge in [0, 0.05) is 67.4 Å². The summed E-state index contributed by atoms with van der Waals surface area (Å²) in [6.45, 7) is 12.6. The highest BCUT2D eigenvalue weighted by molar-refractivity contribution is 8.77. The minimum atomic E-state index is -0.663. The third-order valence-corrected chi connectivity index (χ3v) is 19.2. The van der Waals surface area contributed by atoms with Crippen LogP contribution in [0.2, 0.25) is 0 Å². The number of aliphatic hydroxyl groups is 1. The van der Waals surface area contributed by atoms with Gasteiger partial charge in [0.1, 0.15) is 0 Å². The van der Waals surface area contributed by atoms with Crippen LogP contribution < -0.4 is 0 Å². The SMILES string of the molecule is Cc1cccc(C)c1CC(=O)C1CCCCN1CCCO.Cc1cccc(C)c1CC(=O)C1CCCCN1CCCOC(=O)CCCC[C@@H]1CCSS1.O=C(O)CCCC[C@@H]1CCSS1. The van der Waals surface area contributed by atoms with Crippen LogP contribution in [-0.2, 0) is 36.8 Å². The van der Waals surface area contributed by atoms with Crippen LogP contribution >= 0.6 is 43.2 Å². The maximum atomic E-state index is 13.1. The number of piperidine rings is 2. The van der Waals surface area contributed by atoms with E-state index in [0.29, 0.717) is 43.9 Å². The molecule has 364 valence electrons. The largest absolute Gasteiger partial charge is 0.481 e. The Morgan fingerprint density at radius 3 is 1.51 bits per heavy atom. The Hall–Kier alpha value is -2.00. The highest BCUT2D eigenvalue weighted by Crippen LogP contribution is 2.40. The topological polar surface area (TPSA) is 124 Å². The van der Waals surface area contributed by atoms with E-state index in [-0.39, 0.29) is 24.7 Å². The Morgan fingerprint density at radius 1 is 0.615 bits per heavy atom. The van der Waals surface area contributed by atoms with Crippen molar-refractivity contribution >= 4 is 66.7 Å². The molecule has 2 unspecified atom stereocenters. The Labute approximate surface area is 407 Å². The molecule has 4 atom stereocenters. The molecule has 0 saturated carbocycles. The molecule has 0 aliphatic carbocycles. The van der Waals surface area contributed by atoms with Crippen molar-refractivity contribution in [3.8, 4) is 0 Å². The summed E-state index contributed by atoms with van der Waals surface area (Å²) in [6, 6.07) is 12.5. The first-order chi connectivity index (χ1) is 31.5. The lowest BCUT2D eigenvalue weighted by atomic mass is 9.91. The summed E-state index contributed by atoms with van der Waals surface area (Å²) in [4.78, 5) is 52.7. The monoisotopic (exact) mass is 972 g/mol. The number of aryl methyl sites for hydroxylation is 4. The molecule has 2 aromatic rings. The van der Waals surface area contributed by atoms with Crippen molar-refractivity contribution in [2.45, 2.75) is 179 Å². The number of esters is 1. The number of carbonyl (C=O) groups is 4. The number of aliphatic hydroxyl groups excluding tert-OH is 1. The number of Topliss-reactive ketones (excluding diaryl/α,β-unsaturated/α-hetero) is 2. The van der Waals surface area contributed by atoms with E-state index < -0.39 is 5.97 Å². The second-order valence-corrected chi connectivity index (χ2v) is 23.9. The van der Waals surface area contributed by atoms with Crippen LogP contribution in [0.4, 0.5) is 0 Å². The molecule has 4 fully saturated rings. The van der Waals surface area contributed by atoms with E-state index in [1.165, 1.54) is 77.0 Å². The number of likely N-dealkylation sites (tertiary alicyclic amines) is 2. The maximum absolute atomic E-state index is 13.1. The van der Waals surface area contributed by atoms with Crippen LogP contribution in [0, 0.1) is 27.7 Å². The van der Waals surface area contributed by atoms with Crippen LogP contribution in [0.15, 0.2) is 36.4 Å². The third kappa shape index (κ3) is 21.0. The summed E-state index contributed by atoms with van der Waals surface area (Å²) >= 11 is 0. The zero-order valence-corrected chi connectivity index (χ0v) is 43.3. The Balaban J connectivity index is 0.000000239. The molecule has 6 rings (SSSR count). The Kier molecular flexibility index (Phi) is 27.3. The highest BCUT2D eigenvalue weighted by atomic mass is 33.1. The Morgan fingerprint density at radius 2 is 1.08 bits per heavy atom. The summed E-state index contributed by atoms with van der Waals surface area (Å²) in [5, 5.41) is 19.0. The maximum Gasteiger partial charge on any atom is 0.305 e. The van der Waals surface area contributed by atoms with Crippen LogP contribution in [0.1, 0.15) is 149 Å². The van der Waals surface area contributed by atoms with E-state index in [9.17, 15) is 19.2 Å². The molecular weight excluding hydrogens is 893 g/mol. The number of ketones is 2. The number of hydrogen-bond acceptors (Lipinski definition) is 12. The summed E-state index contributed by atoms with van der Waals surface area (Å²) in [6.07, 6.45) is 19.0. The fourth-order valence-electron chi connectivity index (χ4n) is 9.30.